The van der Waals surface area contributed by atoms with Crippen molar-refractivity contribution < 1.29 is 9.53 Å². The van der Waals surface area contributed by atoms with Crippen LogP contribution in [0.25, 0.3) is 6.08 Å². The van der Waals surface area contributed by atoms with Gasteiger partial charge in [0, 0.05) is 13.3 Å². The van der Waals surface area contributed by atoms with Crippen molar-refractivity contribution in [1.82, 2.24) is 0 Å². The van der Waals surface area contributed by atoms with E-state index in [1.54, 1.807) is 20.0 Å². The highest BCUT2D eigenvalue weighted by molar-refractivity contribution is 6.13. The van der Waals surface area contributed by atoms with Crippen LogP contribution in [0.1, 0.15) is 18.1 Å². The lowest BCUT2D eigenvalue weighted by atomic mass is 10.1. The molecular weight excluding hydrogens is 214 g/mol. The molecular formula is C14H17NO2. The van der Waals surface area contributed by atoms with E-state index >= 15 is 0 Å². The number of ether oxygens (including phenoxy) is 1. The molecule has 0 fully saturated rings. The molecule has 0 saturated carbocycles. The lowest BCUT2D eigenvalue weighted by Crippen LogP contribution is -2.08. The second-order valence-corrected chi connectivity index (χ2v) is 3.56. The van der Waals surface area contributed by atoms with Gasteiger partial charge in [-0.25, -0.2) is 4.79 Å². The molecule has 0 aliphatic rings. The molecule has 90 valence electrons. The Bertz CT molecular complexity index is 447. The third-order valence-corrected chi connectivity index (χ3v) is 2.28. The molecule has 0 spiro atoms. The Morgan fingerprint density at radius 3 is 2.71 bits per heavy atom. The van der Waals surface area contributed by atoms with E-state index in [0.29, 0.717) is 12.2 Å². The molecule has 17 heavy (non-hydrogen) atoms. The van der Waals surface area contributed by atoms with Gasteiger partial charge in [-0.3, -0.25) is 4.99 Å². The lowest BCUT2D eigenvalue weighted by molar-refractivity contribution is -0.137. The van der Waals surface area contributed by atoms with Crippen LogP contribution < -0.4 is 0 Å². The first-order valence-corrected chi connectivity index (χ1v) is 5.55. The number of carbonyl (C=O) groups is 1. The molecule has 0 amide bonds. The van der Waals surface area contributed by atoms with Gasteiger partial charge in [-0.1, -0.05) is 24.3 Å². The summed E-state index contributed by atoms with van der Waals surface area (Å²) in [5.74, 6) is -0.346. The van der Waals surface area contributed by atoms with Crippen LogP contribution in [0.2, 0.25) is 0 Å². The number of benzene rings is 1. The Morgan fingerprint density at radius 1 is 1.41 bits per heavy atom. The fourth-order valence-corrected chi connectivity index (χ4v) is 1.42. The zero-order valence-electron chi connectivity index (χ0n) is 10.4. The van der Waals surface area contributed by atoms with Crippen molar-refractivity contribution in [2.24, 2.45) is 4.99 Å². The minimum atomic E-state index is -0.346. The molecule has 0 bridgehead atoms. The molecule has 3 nitrogen and oxygen atoms in total. The number of nitrogens with zero attached hydrogens (tertiary/aromatic N) is 1. The summed E-state index contributed by atoms with van der Waals surface area (Å²) in [6.45, 7) is 4.14. The molecule has 0 atom stereocenters. The maximum absolute atomic E-state index is 11.7. The van der Waals surface area contributed by atoms with E-state index in [1.807, 2.05) is 31.2 Å². The molecule has 0 N–H and O–H groups in total. The van der Waals surface area contributed by atoms with Crippen molar-refractivity contribution in [3.05, 3.63) is 41.0 Å². The predicted octanol–water partition coefficient (Wildman–Crippen LogP) is 2.64. The number of aryl methyl sites for hydroxylation is 1. The van der Waals surface area contributed by atoms with Crippen molar-refractivity contribution in [3.63, 3.8) is 0 Å². The summed E-state index contributed by atoms with van der Waals surface area (Å²) in [7, 11) is 1.63. The van der Waals surface area contributed by atoms with Crippen LogP contribution in [0.15, 0.2) is 34.8 Å². The fourth-order valence-electron chi connectivity index (χ4n) is 1.42. The van der Waals surface area contributed by atoms with Crippen LogP contribution >= 0.6 is 0 Å². The molecule has 1 aromatic carbocycles. The van der Waals surface area contributed by atoms with Gasteiger partial charge in [0.1, 0.15) is 0 Å². The van der Waals surface area contributed by atoms with E-state index in [4.69, 9.17) is 4.74 Å². The molecule has 0 aromatic heterocycles. The van der Waals surface area contributed by atoms with Crippen LogP contribution in [0.4, 0.5) is 0 Å². The minimum Gasteiger partial charge on any atom is -0.462 e. The number of hydrogen-bond acceptors (Lipinski definition) is 3. The topological polar surface area (TPSA) is 38.7 Å². The molecule has 0 heterocycles. The summed E-state index contributed by atoms with van der Waals surface area (Å²) < 4.78 is 4.97. The first-order chi connectivity index (χ1) is 8.19. The Hall–Kier alpha value is -1.90. The first-order valence-electron chi connectivity index (χ1n) is 5.55. The molecule has 0 aliphatic carbocycles. The molecule has 0 saturated heterocycles. The highest BCUT2D eigenvalue weighted by Crippen LogP contribution is 2.12. The molecule has 0 radical (unpaired) electrons. The van der Waals surface area contributed by atoms with Crippen molar-refractivity contribution in [1.29, 1.82) is 0 Å². The SMILES string of the molecule is CCOC(=O)C(/C=N/C)=C/c1ccccc1C. The summed E-state index contributed by atoms with van der Waals surface area (Å²) >= 11 is 0. The quantitative estimate of drug-likeness (QED) is 0.454. The Labute approximate surface area is 102 Å². The van der Waals surface area contributed by atoms with Crippen LogP contribution in [0.3, 0.4) is 0 Å². The Balaban J connectivity index is 3.06. The zero-order valence-corrected chi connectivity index (χ0v) is 10.4. The number of hydrogen-bond donors (Lipinski definition) is 0. The monoisotopic (exact) mass is 231 g/mol. The van der Waals surface area contributed by atoms with E-state index in [9.17, 15) is 4.79 Å². The van der Waals surface area contributed by atoms with E-state index in [2.05, 4.69) is 4.99 Å². The van der Waals surface area contributed by atoms with Gasteiger partial charge in [0.25, 0.3) is 0 Å². The molecule has 3 heteroatoms. The van der Waals surface area contributed by atoms with Gasteiger partial charge in [-0.2, -0.15) is 0 Å². The number of esters is 1. The summed E-state index contributed by atoms with van der Waals surface area (Å²) in [5, 5.41) is 0. The van der Waals surface area contributed by atoms with Crippen molar-refractivity contribution in [2.45, 2.75) is 13.8 Å². The van der Waals surface area contributed by atoms with Gasteiger partial charge in [0.15, 0.2) is 0 Å². The van der Waals surface area contributed by atoms with Crippen molar-refractivity contribution >= 4 is 18.3 Å². The lowest BCUT2D eigenvalue weighted by Gasteiger charge is -2.04. The first kappa shape index (κ1) is 13.2. The summed E-state index contributed by atoms with van der Waals surface area (Å²) in [4.78, 5) is 15.5. The smallest absolute Gasteiger partial charge is 0.339 e. The van der Waals surface area contributed by atoms with Gasteiger partial charge in [-0.15, -0.1) is 0 Å². The minimum absolute atomic E-state index is 0.346. The second-order valence-electron chi connectivity index (χ2n) is 3.56. The fraction of sp³-hybridized carbons (Fsp3) is 0.286. The van der Waals surface area contributed by atoms with E-state index in [1.165, 1.54) is 6.21 Å². The normalized spacial score (nSPS) is 11.8. The summed E-state index contributed by atoms with van der Waals surface area (Å²) in [6.07, 6.45) is 3.31. The highest BCUT2D eigenvalue weighted by atomic mass is 16.5. The van der Waals surface area contributed by atoms with E-state index in [0.717, 1.165) is 11.1 Å². The highest BCUT2D eigenvalue weighted by Gasteiger charge is 2.08. The predicted molar refractivity (Wildman–Crippen MR) is 70.2 cm³/mol. The van der Waals surface area contributed by atoms with Crippen molar-refractivity contribution in [3.8, 4) is 0 Å². The van der Waals surface area contributed by atoms with Gasteiger partial charge in [-0.05, 0) is 31.1 Å². The van der Waals surface area contributed by atoms with Gasteiger partial charge in [0.2, 0.25) is 0 Å². The summed E-state index contributed by atoms with van der Waals surface area (Å²) in [5.41, 5.74) is 2.57. The van der Waals surface area contributed by atoms with E-state index < -0.39 is 0 Å². The number of carbonyl (C=O) groups excluding carboxylic acids is 1. The molecule has 0 unspecified atom stereocenters. The van der Waals surface area contributed by atoms with Crippen LogP contribution in [-0.2, 0) is 9.53 Å². The van der Waals surface area contributed by atoms with Gasteiger partial charge >= 0.3 is 5.97 Å². The van der Waals surface area contributed by atoms with Crippen LogP contribution in [-0.4, -0.2) is 25.8 Å². The molecule has 0 aliphatic heterocycles. The third kappa shape index (κ3) is 3.87. The largest absolute Gasteiger partial charge is 0.462 e. The zero-order chi connectivity index (χ0) is 12.7. The second kappa shape index (κ2) is 6.63. The Morgan fingerprint density at radius 2 is 2.12 bits per heavy atom. The van der Waals surface area contributed by atoms with Gasteiger partial charge in [0.05, 0.1) is 12.2 Å². The standard InChI is InChI=1S/C14H17NO2/c1-4-17-14(16)13(10-15-3)9-12-8-6-5-7-11(12)2/h5-10H,4H2,1-3H3/b13-9+,15-10+. The maximum Gasteiger partial charge on any atom is 0.339 e. The van der Waals surface area contributed by atoms with Gasteiger partial charge < -0.3 is 4.74 Å². The average molecular weight is 231 g/mol. The van der Waals surface area contributed by atoms with Crippen LogP contribution in [0, 0.1) is 6.92 Å². The maximum atomic E-state index is 11.7. The number of rotatable bonds is 4. The Kier molecular flexibility index (Phi) is 5.14. The third-order valence-electron chi connectivity index (χ3n) is 2.28. The number of aliphatic imine (C=N–C) groups is 1. The molecule has 1 rings (SSSR count). The van der Waals surface area contributed by atoms with Crippen LogP contribution in [0.5, 0.6) is 0 Å². The van der Waals surface area contributed by atoms with Crippen molar-refractivity contribution in [2.75, 3.05) is 13.7 Å². The summed E-state index contributed by atoms with van der Waals surface area (Å²) in [6, 6.07) is 7.85. The molecule has 1 aromatic rings. The average Bonchev–Trinajstić information content (AvgIpc) is 2.31. The van der Waals surface area contributed by atoms with E-state index in [-0.39, 0.29) is 5.97 Å².